The van der Waals surface area contributed by atoms with E-state index in [1.54, 1.807) is 0 Å². The topological polar surface area (TPSA) is 65.6 Å². The zero-order valence-corrected chi connectivity index (χ0v) is 15.9. The van der Waals surface area contributed by atoms with Crippen LogP contribution in [0.3, 0.4) is 0 Å². The molecule has 0 unspecified atom stereocenters. The Morgan fingerprint density at radius 1 is 1.00 bits per heavy atom. The van der Waals surface area contributed by atoms with Crippen LogP contribution in [-0.2, 0) is 6.42 Å². The number of anilines is 1. The van der Waals surface area contributed by atoms with Crippen LogP contribution in [0.5, 0.6) is 0 Å². The first-order valence-electron chi connectivity index (χ1n) is 9.86. The molecule has 0 aliphatic carbocycles. The number of hydrogen-bond acceptors (Lipinski definition) is 6. The Morgan fingerprint density at radius 2 is 1.75 bits per heavy atom. The molecule has 1 N–H and O–H groups in total. The van der Waals surface area contributed by atoms with E-state index in [0.29, 0.717) is 11.8 Å². The van der Waals surface area contributed by atoms with Crippen molar-refractivity contribution in [2.24, 2.45) is 0 Å². The number of aromatic nitrogens is 2. The molecular formula is C22H26N4O2. The lowest BCUT2D eigenvalue weighted by atomic mass is 10.1. The van der Waals surface area contributed by atoms with Crippen LogP contribution in [0.4, 0.5) is 5.95 Å². The molecule has 0 amide bonds. The Bertz CT molecular complexity index is 853. The summed E-state index contributed by atoms with van der Waals surface area (Å²) in [5.41, 5.74) is 2.27. The monoisotopic (exact) mass is 378 g/mol. The Labute approximate surface area is 165 Å². The molecule has 1 aliphatic rings. The second kappa shape index (κ2) is 8.99. The first kappa shape index (κ1) is 18.7. The zero-order valence-electron chi connectivity index (χ0n) is 15.9. The second-order valence-electron chi connectivity index (χ2n) is 7.15. The van der Waals surface area contributed by atoms with Gasteiger partial charge >= 0.3 is 0 Å². The molecule has 6 heteroatoms. The van der Waals surface area contributed by atoms with Gasteiger partial charge in [0, 0.05) is 44.4 Å². The van der Waals surface area contributed by atoms with Gasteiger partial charge in [-0.3, -0.25) is 4.90 Å². The van der Waals surface area contributed by atoms with Crippen molar-refractivity contribution < 1.29 is 9.63 Å². The van der Waals surface area contributed by atoms with Crippen LogP contribution in [0.1, 0.15) is 12.0 Å². The molecule has 0 radical (unpaired) electrons. The molecule has 3 aromatic rings. The average molecular weight is 378 g/mol. The zero-order chi connectivity index (χ0) is 19.2. The predicted octanol–water partition coefficient (Wildman–Crippen LogP) is 2.85. The van der Waals surface area contributed by atoms with Gasteiger partial charge in [0.15, 0.2) is 0 Å². The SMILES string of the molecule is OCC[C@@H]1CN(c2noc(-c3ccccc3)n2)CCN1CCc1ccccc1. The second-order valence-corrected chi connectivity index (χ2v) is 7.15. The Balaban J connectivity index is 1.41. The van der Waals surface area contributed by atoms with Crippen molar-refractivity contribution in [3.63, 3.8) is 0 Å². The lowest BCUT2D eigenvalue weighted by molar-refractivity contribution is 0.143. The molecule has 1 fully saturated rings. The summed E-state index contributed by atoms with van der Waals surface area (Å²) in [5, 5.41) is 13.7. The highest BCUT2D eigenvalue weighted by Gasteiger charge is 2.28. The normalized spacial score (nSPS) is 17.8. The van der Waals surface area contributed by atoms with Crippen LogP contribution < -0.4 is 4.90 Å². The maximum Gasteiger partial charge on any atom is 0.266 e. The van der Waals surface area contributed by atoms with E-state index in [0.717, 1.165) is 44.6 Å². The fraction of sp³-hybridized carbons (Fsp3) is 0.364. The van der Waals surface area contributed by atoms with E-state index < -0.39 is 0 Å². The van der Waals surface area contributed by atoms with Gasteiger partial charge in [-0.1, -0.05) is 48.5 Å². The summed E-state index contributed by atoms with van der Waals surface area (Å²) in [4.78, 5) is 9.22. The van der Waals surface area contributed by atoms with Crippen LogP contribution >= 0.6 is 0 Å². The van der Waals surface area contributed by atoms with Gasteiger partial charge in [0.1, 0.15) is 0 Å². The standard InChI is InChI=1S/C22H26N4O2/c27-16-12-20-17-26(15-14-25(20)13-11-18-7-3-1-4-8-18)22-23-21(28-24-22)19-9-5-2-6-10-19/h1-10,20,27H,11-17H2/t20-/m1/s1. The Hall–Kier alpha value is -2.70. The van der Waals surface area contributed by atoms with Crippen molar-refractivity contribution in [1.82, 2.24) is 15.0 Å². The molecule has 1 atom stereocenters. The third-order valence-corrected chi connectivity index (χ3v) is 5.32. The molecule has 0 bridgehead atoms. The molecule has 4 rings (SSSR count). The molecular weight excluding hydrogens is 352 g/mol. The summed E-state index contributed by atoms with van der Waals surface area (Å²) in [6.07, 6.45) is 1.76. The van der Waals surface area contributed by atoms with Gasteiger partial charge in [-0.2, -0.15) is 4.98 Å². The number of nitrogens with zero attached hydrogens (tertiary/aromatic N) is 4. The maximum absolute atomic E-state index is 9.54. The Morgan fingerprint density at radius 3 is 2.50 bits per heavy atom. The van der Waals surface area contributed by atoms with Gasteiger partial charge in [0.05, 0.1) is 0 Å². The van der Waals surface area contributed by atoms with Crippen LogP contribution in [0.25, 0.3) is 11.5 Å². The van der Waals surface area contributed by atoms with Gasteiger partial charge in [-0.15, -0.1) is 0 Å². The minimum absolute atomic E-state index is 0.182. The van der Waals surface area contributed by atoms with Crippen molar-refractivity contribution in [3.8, 4) is 11.5 Å². The van der Waals surface area contributed by atoms with E-state index in [1.807, 2.05) is 36.4 Å². The molecule has 2 aromatic carbocycles. The molecule has 0 saturated carbocycles. The summed E-state index contributed by atoms with van der Waals surface area (Å²) in [7, 11) is 0. The van der Waals surface area contributed by atoms with Crippen molar-refractivity contribution in [2.75, 3.05) is 37.7 Å². The minimum Gasteiger partial charge on any atom is -0.396 e. The number of aliphatic hydroxyl groups excluding tert-OH is 1. The highest BCUT2D eigenvalue weighted by molar-refractivity contribution is 5.54. The Kier molecular flexibility index (Phi) is 5.99. The van der Waals surface area contributed by atoms with Crippen LogP contribution in [-0.4, -0.2) is 59.0 Å². The van der Waals surface area contributed by atoms with Gasteiger partial charge in [0.25, 0.3) is 11.8 Å². The fourth-order valence-corrected chi connectivity index (χ4v) is 3.75. The molecule has 146 valence electrons. The largest absolute Gasteiger partial charge is 0.396 e. The maximum atomic E-state index is 9.54. The number of hydrogen-bond donors (Lipinski definition) is 1. The first-order chi connectivity index (χ1) is 13.8. The third-order valence-electron chi connectivity index (χ3n) is 5.32. The summed E-state index contributed by atoms with van der Waals surface area (Å²) in [6.45, 7) is 3.74. The lowest BCUT2D eigenvalue weighted by Gasteiger charge is -2.41. The molecule has 2 heterocycles. The minimum atomic E-state index is 0.182. The van der Waals surface area contributed by atoms with Gasteiger partial charge < -0.3 is 14.5 Å². The van der Waals surface area contributed by atoms with Crippen molar-refractivity contribution in [1.29, 1.82) is 0 Å². The van der Waals surface area contributed by atoms with Crippen molar-refractivity contribution >= 4 is 5.95 Å². The van der Waals surface area contributed by atoms with E-state index in [9.17, 15) is 5.11 Å². The highest BCUT2D eigenvalue weighted by Crippen LogP contribution is 2.23. The van der Waals surface area contributed by atoms with Crippen LogP contribution in [0, 0.1) is 0 Å². The van der Waals surface area contributed by atoms with Gasteiger partial charge in [0.2, 0.25) is 0 Å². The molecule has 6 nitrogen and oxygen atoms in total. The van der Waals surface area contributed by atoms with E-state index in [-0.39, 0.29) is 12.6 Å². The predicted molar refractivity (Wildman–Crippen MR) is 109 cm³/mol. The highest BCUT2D eigenvalue weighted by atomic mass is 16.5. The van der Waals surface area contributed by atoms with Crippen LogP contribution in [0.2, 0.25) is 0 Å². The fourth-order valence-electron chi connectivity index (χ4n) is 3.75. The third kappa shape index (κ3) is 4.40. The molecule has 1 saturated heterocycles. The quantitative estimate of drug-likeness (QED) is 0.682. The van der Waals surface area contributed by atoms with Crippen molar-refractivity contribution in [2.45, 2.75) is 18.9 Å². The van der Waals surface area contributed by atoms with E-state index in [4.69, 9.17) is 4.52 Å². The summed E-state index contributed by atoms with van der Waals surface area (Å²) in [6, 6.07) is 20.6. The van der Waals surface area contributed by atoms with E-state index in [1.165, 1.54) is 5.56 Å². The van der Waals surface area contributed by atoms with Gasteiger partial charge in [-0.25, -0.2) is 0 Å². The first-order valence-corrected chi connectivity index (χ1v) is 9.86. The summed E-state index contributed by atoms with van der Waals surface area (Å²) >= 11 is 0. The van der Waals surface area contributed by atoms with Gasteiger partial charge in [-0.05, 0) is 35.7 Å². The number of rotatable bonds is 7. The number of piperazine rings is 1. The average Bonchev–Trinajstić information content (AvgIpc) is 3.25. The summed E-state index contributed by atoms with van der Waals surface area (Å²) in [5.74, 6) is 1.17. The van der Waals surface area contributed by atoms with Crippen molar-refractivity contribution in [3.05, 3.63) is 66.2 Å². The molecule has 0 spiro atoms. The number of benzene rings is 2. The number of aliphatic hydroxyl groups is 1. The molecule has 1 aromatic heterocycles. The van der Waals surface area contributed by atoms with E-state index >= 15 is 0 Å². The van der Waals surface area contributed by atoms with E-state index in [2.05, 4.69) is 44.2 Å². The van der Waals surface area contributed by atoms with Crippen LogP contribution in [0.15, 0.2) is 65.2 Å². The lowest BCUT2D eigenvalue weighted by Crippen LogP contribution is -2.54. The molecule has 1 aliphatic heterocycles. The smallest absolute Gasteiger partial charge is 0.266 e. The summed E-state index contributed by atoms with van der Waals surface area (Å²) < 4.78 is 5.47. The molecule has 28 heavy (non-hydrogen) atoms.